The van der Waals surface area contributed by atoms with Crippen LogP contribution in [0.5, 0.6) is 0 Å². The zero-order valence-electron chi connectivity index (χ0n) is 20.2. The minimum Gasteiger partial charge on any atom is -0.330 e. The highest BCUT2D eigenvalue weighted by Crippen LogP contribution is 2.27. The number of pyridine rings is 2. The van der Waals surface area contributed by atoms with Gasteiger partial charge in [-0.1, -0.05) is 0 Å². The number of nitrogens with one attached hydrogen (secondary N) is 1. The van der Waals surface area contributed by atoms with Gasteiger partial charge in [0.05, 0.1) is 24.0 Å². The van der Waals surface area contributed by atoms with Gasteiger partial charge in [0.25, 0.3) is 11.5 Å². The Morgan fingerprint density at radius 3 is 2.61 bits per heavy atom. The molecule has 5 rings (SSSR count). The van der Waals surface area contributed by atoms with Crippen LogP contribution in [0.3, 0.4) is 0 Å². The fraction of sp³-hybridized carbons (Fsp3) is 0.280. The highest BCUT2D eigenvalue weighted by Gasteiger charge is 2.36. The molecule has 0 saturated heterocycles. The van der Waals surface area contributed by atoms with E-state index in [0.29, 0.717) is 11.3 Å². The molecule has 0 spiro atoms. The maximum absolute atomic E-state index is 13.4. The van der Waals surface area contributed by atoms with Crippen LogP contribution in [0.15, 0.2) is 41.5 Å². The molecule has 0 unspecified atom stereocenters. The maximum Gasteiger partial charge on any atom is 0.280 e. The average Bonchev–Trinajstić information content (AvgIpc) is 3.42. The molecule has 0 bridgehead atoms. The van der Waals surface area contributed by atoms with Gasteiger partial charge >= 0.3 is 0 Å². The van der Waals surface area contributed by atoms with Gasteiger partial charge in [-0.25, -0.2) is 9.37 Å². The van der Waals surface area contributed by atoms with Crippen molar-refractivity contribution in [2.75, 3.05) is 5.32 Å². The molecule has 0 atom stereocenters. The lowest BCUT2D eigenvalue weighted by Crippen LogP contribution is -2.32. The first-order valence-corrected chi connectivity index (χ1v) is 11.5. The second kappa shape index (κ2) is 8.67. The van der Waals surface area contributed by atoms with Crippen molar-refractivity contribution in [3.05, 3.63) is 75.3 Å². The highest BCUT2D eigenvalue weighted by molar-refractivity contribution is 5.98. The van der Waals surface area contributed by atoms with E-state index in [0.717, 1.165) is 23.0 Å². The normalized spacial score (nSPS) is 13.1. The van der Waals surface area contributed by atoms with Crippen molar-refractivity contribution in [2.45, 2.75) is 46.8 Å². The average molecular weight is 490 g/mol. The van der Waals surface area contributed by atoms with Crippen LogP contribution >= 0.6 is 0 Å². The van der Waals surface area contributed by atoms with Gasteiger partial charge in [-0.15, -0.1) is 0 Å². The number of halogens is 1. The fourth-order valence-electron chi connectivity index (χ4n) is 4.37. The van der Waals surface area contributed by atoms with Gasteiger partial charge in [0.15, 0.2) is 0 Å². The maximum atomic E-state index is 13.4. The lowest BCUT2D eigenvalue weighted by molar-refractivity contribution is -0.116. The van der Waals surface area contributed by atoms with E-state index in [4.69, 9.17) is 0 Å². The Morgan fingerprint density at radius 2 is 1.92 bits per heavy atom. The van der Waals surface area contributed by atoms with E-state index in [1.807, 2.05) is 33.8 Å². The topological polar surface area (TPSA) is 114 Å². The molecule has 1 aliphatic heterocycles. The van der Waals surface area contributed by atoms with Crippen molar-refractivity contribution in [3.8, 4) is 11.3 Å². The molecule has 1 N–H and O–H groups in total. The second-order valence-electron chi connectivity index (χ2n) is 9.10. The molecule has 184 valence electrons. The van der Waals surface area contributed by atoms with E-state index in [9.17, 15) is 18.8 Å². The van der Waals surface area contributed by atoms with Crippen LogP contribution in [0.1, 0.15) is 41.2 Å². The predicted octanol–water partition coefficient (Wildman–Crippen LogP) is 2.71. The van der Waals surface area contributed by atoms with Gasteiger partial charge in [-0.05, 0) is 51.5 Å². The van der Waals surface area contributed by atoms with Gasteiger partial charge in [0, 0.05) is 29.6 Å². The van der Waals surface area contributed by atoms with E-state index in [2.05, 4.69) is 20.4 Å². The molecule has 2 amide bonds. The predicted molar refractivity (Wildman–Crippen MR) is 130 cm³/mol. The van der Waals surface area contributed by atoms with Crippen LogP contribution in [0, 0.1) is 19.7 Å². The van der Waals surface area contributed by atoms with E-state index in [1.54, 1.807) is 17.2 Å². The molecule has 4 aromatic rings. The number of fused-ring (bicyclic) bond motifs is 2. The summed E-state index contributed by atoms with van der Waals surface area (Å²) in [6.45, 7) is 7.34. The number of hydrogen-bond acceptors (Lipinski definition) is 6. The van der Waals surface area contributed by atoms with Crippen LogP contribution in [-0.2, 0) is 17.9 Å². The molecule has 4 aromatic heterocycles. The molecule has 5 heterocycles. The third-order valence-corrected chi connectivity index (χ3v) is 6.20. The number of amides is 2. The smallest absolute Gasteiger partial charge is 0.280 e. The Hall–Kier alpha value is -4.41. The number of rotatable bonds is 5. The first-order valence-electron chi connectivity index (χ1n) is 11.5. The number of aromatic nitrogens is 5. The summed E-state index contributed by atoms with van der Waals surface area (Å²) < 4.78 is 16.0. The van der Waals surface area contributed by atoms with Crippen molar-refractivity contribution in [3.63, 3.8) is 0 Å². The zero-order valence-corrected chi connectivity index (χ0v) is 20.2. The first-order chi connectivity index (χ1) is 17.1. The number of nitrogens with zero attached hydrogens (tertiary/aromatic N) is 6. The first kappa shape index (κ1) is 23.3. The van der Waals surface area contributed by atoms with E-state index in [1.165, 1.54) is 21.2 Å². The summed E-state index contributed by atoms with van der Waals surface area (Å²) in [6, 6.07) is 5.96. The van der Waals surface area contributed by atoms with Gasteiger partial charge in [-0.2, -0.15) is 9.61 Å². The molecule has 0 radical (unpaired) electrons. The van der Waals surface area contributed by atoms with Gasteiger partial charge in [0.2, 0.25) is 5.91 Å². The second-order valence-corrected chi connectivity index (χ2v) is 9.10. The van der Waals surface area contributed by atoms with E-state index < -0.39 is 17.3 Å². The van der Waals surface area contributed by atoms with Crippen molar-refractivity contribution in [1.29, 1.82) is 0 Å². The third kappa shape index (κ3) is 3.92. The van der Waals surface area contributed by atoms with E-state index in [-0.39, 0.29) is 42.1 Å². The number of aryl methyl sites for hydroxylation is 2. The molecule has 11 heteroatoms. The lowest BCUT2D eigenvalue weighted by Gasteiger charge is -2.20. The summed E-state index contributed by atoms with van der Waals surface area (Å²) >= 11 is 0. The molecule has 0 aromatic carbocycles. The zero-order chi connectivity index (χ0) is 25.7. The van der Waals surface area contributed by atoms with Crippen LogP contribution in [0.2, 0.25) is 0 Å². The van der Waals surface area contributed by atoms with Crippen LogP contribution in [-0.4, -0.2) is 46.9 Å². The van der Waals surface area contributed by atoms with Crippen molar-refractivity contribution >= 4 is 23.3 Å². The SMILES string of the molecule is Cc1cc(-c2cc3n(CC(=O)Nc4ccc(F)cn4)c4c(c(=O)n3n2)CN(C(C)C)C4=O)c(C)cn1. The number of hydrogen-bond donors (Lipinski definition) is 1. The van der Waals surface area contributed by atoms with Crippen molar-refractivity contribution < 1.29 is 14.0 Å². The number of carbonyl (C=O) groups excluding carboxylic acids is 2. The van der Waals surface area contributed by atoms with Crippen molar-refractivity contribution in [1.82, 2.24) is 29.0 Å². The molecule has 0 aliphatic carbocycles. The molecule has 10 nitrogen and oxygen atoms in total. The lowest BCUT2D eigenvalue weighted by atomic mass is 10.1. The summed E-state index contributed by atoms with van der Waals surface area (Å²) in [7, 11) is 0. The Kier molecular flexibility index (Phi) is 5.62. The molecule has 0 saturated carbocycles. The summed E-state index contributed by atoms with van der Waals surface area (Å²) in [4.78, 5) is 49.5. The van der Waals surface area contributed by atoms with Crippen LogP contribution in [0.25, 0.3) is 16.9 Å². The largest absolute Gasteiger partial charge is 0.330 e. The molecule has 36 heavy (non-hydrogen) atoms. The monoisotopic (exact) mass is 489 g/mol. The minimum atomic E-state index is -0.527. The van der Waals surface area contributed by atoms with Gasteiger partial charge in [0.1, 0.15) is 29.5 Å². The van der Waals surface area contributed by atoms with Gasteiger partial charge in [-0.3, -0.25) is 19.4 Å². The highest BCUT2D eigenvalue weighted by atomic mass is 19.1. The Bertz CT molecular complexity index is 1590. The quantitative estimate of drug-likeness (QED) is 0.461. The number of carbonyl (C=O) groups is 2. The summed E-state index contributed by atoms with van der Waals surface area (Å²) in [5.74, 6) is -1.18. The fourth-order valence-corrected chi connectivity index (χ4v) is 4.37. The van der Waals surface area contributed by atoms with Gasteiger partial charge < -0.3 is 14.8 Å². The van der Waals surface area contributed by atoms with Crippen molar-refractivity contribution in [2.24, 2.45) is 0 Å². The Balaban J connectivity index is 1.66. The summed E-state index contributed by atoms with van der Waals surface area (Å²) in [5, 5.41) is 7.17. The summed E-state index contributed by atoms with van der Waals surface area (Å²) in [5.41, 5.74) is 3.35. The van der Waals surface area contributed by atoms with E-state index >= 15 is 0 Å². The molecule has 1 aliphatic rings. The third-order valence-electron chi connectivity index (χ3n) is 6.20. The molecular weight excluding hydrogens is 465 g/mol. The number of anilines is 1. The van der Waals surface area contributed by atoms with Crippen LogP contribution in [0.4, 0.5) is 10.2 Å². The Morgan fingerprint density at radius 1 is 1.14 bits per heavy atom. The molecular formula is C25H24FN7O3. The molecule has 0 fully saturated rings. The Labute approximate surface area is 205 Å². The standard InChI is InChI=1S/C25H24FN7O3/c1-13(2)31-11-18-23(25(31)36)32(12-21(34)29-20-6-5-16(26)10-28-20)22-8-19(30-33(22)24(18)35)17-7-15(4)27-9-14(17)3/h5-10,13H,11-12H2,1-4H3,(H,28,29,34). The summed E-state index contributed by atoms with van der Waals surface area (Å²) in [6.07, 6.45) is 2.73. The van der Waals surface area contributed by atoms with Crippen LogP contribution < -0.4 is 10.9 Å². The minimum absolute atomic E-state index is 0.129.